The van der Waals surface area contributed by atoms with E-state index in [2.05, 4.69) is 10.6 Å². The van der Waals surface area contributed by atoms with Gasteiger partial charge in [0.1, 0.15) is 4.99 Å². The molecule has 0 atom stereocenters. The van der Waals surface area contributed by atoms with Crippen molar-refractivity contribution in [2.45, 2.75) is 0 Å². The predicted molar refractivity (Wildman–Crippen MR) is 87.2 cm³/mol. The Balaban J connectivity index is 2.07. The summed E-state index contributed by atoms with van der Waals surface area (Å²) in [5.74, 6) is -0.463. The minimum absolute atomic E-state index is 0.162. The van der Waals surface area contributed by atoms with Crippen LogP contribution in [0, 0.1) is 0 Å². The molecule has 1 saturated heterocycles. The maximum absolute atomic E-state index is 12.3. The molecular formula is C17H10N2O2S. The number of hydrogen-bond acceptors (Lipinski definition) is 3. The number of fused-ring (bicyclic) bond motifs is 3. The summed E-state index contributed by atoms with van der Waals surface area (Å²) in [5.41, 5.74) is 5.14. The summed E-state index contributed by atoms with van der Waals surface area (Å²) in [6.07, 6.45) is 0. The van der Waals surface area contributed by atoms with Crippen molar-refractivity contribution in [2.24, 2.45) is 0 Å². The first-order chi connectivity index (χ1) is 10.7. The van der Waals surface area contributed by atoms with Crippen LogP contribution < -0.4 is 10.6 Å². The van der Waals surface area contributed by atoms with Gasteiger partial charge in [-0.05, 0) is 22.3 Å². The summed E-state index contributed by atoms with van der Waals surface area (Å²) in [7, 11) is 0. The molecule has 0 radical (unpaired) electrons. The van der Waals surface area contributed by atoms with Crippen molar-refractivity contribution in [3.63, 3.8) is 0 Å². The number of hydrogen-bond donors (Lipinski definition) is 2. The van der Waals surface area contributed by atoms with Crippen molar-refractivity contribution in [3.8, 4) is 11.1 Å². The van der Waals surface area contributed by atoms with Crippen LogP contribution in [0.4, 0.5) is 4.79 Å². The minimum Gasteiger partial charge on any atom is -0.298 e. The van der Waals surface area contributed by atoms with Crippen LogP contribution in [0.3, 0.4) is 0 Å². The summed E-state index contributed by atoms with van der Waals surface area (Å²) >= 11 is 5.23. The molecule has 2 aromatic carbocycles. The van der Waals surface area contributed by atoms with E-state index in [4.69, 9.17) is 12.2 Å². The summed E-state index contributed by atoms with van der Waals surface area (Å²) in [4.78, 5) is 23.8. The van der Waals surface area contributed by atoms with E-state index in [0.29, 0.717) is 5.57 Å². The van der Waals surface area contributed by atoms with Crippen LogP contribution in [0.15, 0.2) is 54.1 Å². The molecule has 0 saturated carbocycles. The number of imide groups is 1. The molecule has 1 aliphatic carbocycles. The van der Waals surface area contributed by atoms with Gasteiger partial charge in [0.25, 0.3) is 5.91 Å². The van der Waals surface area contributed by atoms with E-state index in [9.17, 15) is 9.59 Å². The lowest BCUT2D eigenvalue weighted by Crippen LogP contribution is -2.51. The Labute approximate surface area is 131 Å². The third-order valence-electron chi connectivity index (χ3n) is 3.84. The number of nitrogens with one attached hydrogen (secondary N) is 2. The molecule has 0 spiro atoms. The topological polar surface area (TPSA) is 58.2 Å². The standard InChI is InChI=1S/C17H10N2O2S/c20-15-14(16(22)19-17(21)18-15)13-11-7-3-1-5-9(11)10-6-2-4-8-12(10)13/h1-8H,(H2,18,19,20,21,22). The van der Waals surface area contributed by atoms with E-state index in [0.717, 1.165) is 27.8 Å². The van der Waals surface area contributed by atoms with Crippen molar-refractivity contribution in [2.75, 3.05) is 0 Å². The maximum atomic E-state index is 12.3. The molecule has 106 valence electrons. The smallest absolute Gasteiger partial charge is 0.298 e. The van der Waals surface area contributed by atoms with Crippen LogP contribution in [0.1, 0.15) is 11.1 Å². The summed E-state index contributed by atoms with van der Waals surface area (Å²) in [5, 5.41) is 4.76. The average Bonchev–Trinajstić information content (AvgIpc) is 2.82. The first-order valence-corrected chi connectivity index (χ1v) is 7.18. The second kappa shape index (κ2) is 4.61. The highest BCUT2D eigenvalue weighted by Crippen LogP contribution is 2.45. The normalized spacial score (nSPS) is 16.1. The second-order valence-corrected chi connectivity index (χ2v) is 5.49. The maximum Gasteiger partial charge on any atom is 0.326 e. The summed E-state index contributed by atoms with van der Waals surface area (Å²) < 4.78 is 0. The van der Waals surface area contributed by atoms with Crippen molar-refractivity contribution >= 4 is 34.7 Å². The molecular weight excluding hydrogens is 296 g/mol. The van der Waals surface area contributed by atoms with Gasteiger partial charge in [-0.15, -0.1) is 0 Å². The first kappa shape index (κ1) is 12.9. The molecule has 1 fully saturated rings. The first-order valence-electron chi connectivity index (χ1n) is 6.77. The molecule has 4 rings (SSSR count). The molecule has 3 amide bonds. The molecule has 2 aliphatic rings. The Morgan fingerprint density at radius 3 is 1.68 bits per heavy atom. The van der Waals surface area contributed by atoms with Crippen LogP contribution in [0.5, 0.6) is 0 Å². The fourth-order valence-corrected chi connectivity index (χ4v) is 3.27. The van der Waals surface area contributed by atoms with Gasteiger partial charge in [0, 0.05) is 5.57 Å². The lowest BCUT2D eigenvalue weighted by atomic mass is 9.96. The summed E-state index contributed by atoms with van der Waals surface area (Å²) in [6.45, 7) is 0. The Morgan fingerprint density at radius 2 is 1.18 bits per heavy atom. The molecule has 22 heavy (non-hydrogen) atoms. The molecule has 5 heteroatoms. The zero-order valence-corrected chi connectivity index (χ0v) is 12.2. The Kier molecular flexibility index (Phi) is 2.71. The number of urea groups is 1. The van der Waals surface area contributed by atoms with Gasteiger partial charge in [-0.1, -0.05) is 60.7 Å². The predicted octanol–water partition coefficient (Wildman–Crippen LogP) is 2.64. The molecule has 1 heterocycles. The Bertz CT molecular complexity index is 830. The molecule has 0 unspecified atom stereocenters. The monoisotopic (exact) mass is 306 g/mol. The number of carbonyl (C=O) groups is 2. The van der Waals surface area contributed by atoms with Crippen LogP contribution in [0.25, 0.3) is 16.7 Å². The van der Waals surface area contributed by atoms with Gasteiger partial charge in [0.05, 0.1) is 5.57 Å². The molecule has 0 aromatic heterocycles. The van der Waals surface area contributed by atoms with Gasteiger partial charge in [-0.3, -0.25) is 15.4 Å². The molecule has 0 bridgehead atoms. The quantitative estimate of drug-likeness (QED) is 0.496. The number of carbonyl (C=O) groups excluding carboxylic acids is 2. The van der Waals surface area contributed by atoms with Crippen LogP contribution >= 0.6 is 12.2 Å². The zero-order chi connectivity index (χ0) is 15.3. The largest absolute Gasteiger partial charge is 0.326 e. The third kappa shape index (κ3) is 1.72. The fraction of sp³-hybridized carbons (Fsp3) is 0. The van der Waals surface area contributed by atoms with E-state index >= 15 is 0 Å². The Hall–Kier alpha value is -2.79. The fourth-order valence-electron chi connectivity index (χ4n) is 2.98. The molecule has 1 aliphatic heterocycles. The highest BCUT2D eigenvalue weighted by atomic mass is 32.1. The number of rotatable bonds is 0. The van der Waals surface area contributed by atoms with Gasteiger partial charge in [-0.25, -0.2) is 4.79 Å². The van der Waals surface area contributed by atoms with Gasteiger partial charge < -0.3 is 0 Å². The second-order valence-electron chi connectivity index (χ2n) is 5.08. The van der Waals surface area contributed by atoms with Crippen LogP contribution in [0.2, 0.25) is 0 Å². The van der Waals surface area contributed by atoms with Crippen LogP contribution in [-0.2, 0) is 4.79 Å². The van der Waals surface area contributed by atoms with Crippen molar-refractivity contribution < 1.29 is 9.59 Å². The van der Waals surface area contributed by atoms with Gasteiger partial charge in [0.2, 0.25) is 0 Å². The average molecular weight is 306 g/mol. The lowest BCUT2D eigenvalue weighted by Gasteiger charge is -2.19. The number of benzene rings is 2. The lowest BCUT2D eigenvalue weighted by molar-refractivity contribution is -0.116. The molecule has 4 nitrogen and oxygen atoms in total. The van der Waals surface area contributed by atoms with Crippen molar-refractivity contribution in [1.29, 1.82) is 0 Å². The van der Waals surface area contributed by atoms with Crippen molar-refractivity contribution in [1.82, 2.24) is 10.6 Å². The van der Waals surface area contributed by atoms with E-state index in [1.807, 2.05) is 48.5 Å². The van der Waals surface area contributed by atoms with E-state index in [1.54, 1.807) is 0 Å². The molecule has 2 N–H and O–H groups in total. The highest BCUT2D eigenvalue weighted by Gasteiger charge is 2.33. The molecule has 2 aromatic rings. The Morgan fingerprint density at radius 1 is 0.682 bits per heavy atom. The summed E-state index contributed by atoms with van der Waals surface area (Å²) in [6, 6.07) is 15.1. The third-order valence-corrected chi connectivity index (χ3v) is 4.15. The van der Waals surface area contributed by atoms with Gasteiger partial charge in [-0.2, -0.15) is 0 Å². The highest BCUT2D eigenvalue weighted by molar-refractivity contribution is 7.81. The van der Waals surface area contributed by atoms with E-state index < -0.39 is 11.9 Å². The van der Waals surface area contributed by atoms with E-state index in [-0.39, 0.29) is 4.99 Å². The SMILES string of the molecule is O=C1NC(=O)C(=C2c3ccccc3-c3ccccc32)C(=S)N1. The zero-order valence-electron chi connectivity index (χ0n) is 11.3. The minimum atomic E-state index is -0.584. The van der Waals surface area contributed by atoms with Gasteiger partial charge in [0.15, 0.2) is 0 Å². The number of thiocarbonyl (C=S) groups is 1. The van der Waals surface area contributed by atoms with Gasteiger partial charge >= 0.3 is 6.03 Å². The number of amides is 3. The van der Waals surface area contributed by atoms with E-state index in [1.165, 1.54) is 0 Å². The van der Waals surface area contributed by atoms with Crippen molar-refractivity contribution in [3.05, 3.63) is 65.2 Å². The van der Waals surface area contributed by atoms with Crippen LogP contribution in [-0.4, -0.2) is 16.9 Å².